The van der Waals surface area contributed by atoms with E-state index in [1.165, 1.54) is 11.1 Å². The zero-order chi connectivity index (χ0) is 23.1. The van der Waals surface area contributed by atoms with Gasteiger partial charge in [0.2, 0.25) is 0 Å². The molecule has 32 heavy (non-hydrogen) atoms. The molecule has 5 nitrogen and oxygen atoms in total. The number of hydrogen-bond donors (Lipinski definition) is 2. The minimum absolute atomic E-state index is 0.133. The predicted molar refractivity (Wildman–Crippen MR) is 131 cm³/mol. The lowest BCUT2D eigenvalue weighted by molar-refractivity contribution is -0.118. The highest BCUT2D eigenvalue weighted by Crippen LogP contribution is 2.29. The number of ether oxygens (including phenoxy) is 2. The van der Waals surface area contributed by atoms with E-state index in [1.54, 1.807) is 12.1 Å². The molecule has 0 radical (unpaired) electrons. The predicted octanol–water partition coefficient (Wildman–Crippen LogP) is 6.29. The Hall–Kier alpha value is -3.18. The first-order chi connectivity index (χ1) is 15.4. The highest BCUT2D eigenvalue weighted by molar-refractivity contribution is 6.31. The van der Waals surface area contributed by atoms with Crippen molar-refractivity contribution in [2.75, 3.05) is 23.8 Å². The molecule has 1 amide bonds. The Balaban J connectivity index is 1.62. The second-order valence-electron chi connectivity index (χ2n) is 7.66. The van der Waals surface area contributed by atoms with Gasteiger partial charge in [-0.1, -0.05) is 29.8 Å². The highest BCUT2D eigenvalue weighted by atomic mass is 35.5. The van der Waals surface area contributed by atoms with Crippen LogP contribution in [0.3, 0.4) is 0 Å². The van der Waals surface area contributed by atoms with E-state index < -0.39 is 0 Å². The Kier molecular flexibility index (Phi) is 8.01. The fourth-order valence-electron chi connectivity index (χ4n) is 3.16. The number of carbonyl (C=O) groups is 1. The third-order valence-corrected chi connectivity index (χ3v) is 5.38. The maximum Gasteiger partial charge on any atom is 0.262 e. The topological polar surface area (TPSA) is 59.6 Å². The summed E-state index contributed by atoms with van der Waals surface area (Å²) in [4.78, 5) is 12.4. The van der Waals surface area contributed by atoms with Gasteiger partial charge in [0.15, 0.2) is 18.1 Å². The molecular weight excluding hydrogens is 424 g/mol. The molecule has 0 spiro atoms. The molecule has 0 atom stereocenters. The molecule has 168 valence electrons. The molecule has 0 saturated carbocycles. The lowest BCUT2D eigenvalue weighted by atomic mass is 10.1. The van der Waals surface area contributed by atoms with Crippen molar-refractivity contribution in [1.29, 1.82) is 0 Å². The molecule has 0 aliphatic rings. The number of halogens is 1. The molecule has 6 heteroatoms. The van der Waals surface area contributed by atoms with Gasteiger partial charge in [-0.05, 0) is 86.3 Å². The van der Waals surface area contributed by atoms with Gasteiger partial charge in [-0.3, -0.25) is 4.79 Å². The van der Waals surface area contributed by atoms with Crippen LogP contribution in [0.25, 0.3) is 0 Å². The van der Waals surface area contributed by atoms with Crippen LogP contribution in [0.2, 0.25) is 5.02 Å². The number of rotatable bonds is 9. The SMILES string of the molecule is CCOc1cc(CNc2ccc(C)c(C)c2)ccc1OCC(=O)Nc1cc(Cl)ccc1C. The summed E-state index contributed by atoms with van der Waals surface area (Å²) in [6.45, 7) is 9.04. The Morgan fingerprint density at radius 2 is 1.66 bits per heavy atom. The molecule has 0 fully saturated rings. The van der Waals surface area contributed by atoms with Crippen molar-refractivity contribution in [2.45, 2.75) is 34.2 Å². The molecule has 0 bridgehead atoms. The van der Waals surface area contributed by atoms with Crippen molar-refractivity contribution in [1.82, 2.24) is 0 Å². The van der Waals surface area contributed by atoms with E-state index in [-0.39, 0.29) is 12.5 Å². The van der Waals surface area contributed by atoms with E-state index in [2.05, 4.69) is 42.7 Å². The fraction of sp³-hybridized carbons (Fsp3) is 0.269. The Labute approximate surface area is 194 Å². The number of aryl methyl sites for hydroxylation is 3. The lowest BCUT2D eigenvalue weighted by Gasteiger charge is -2.15. The van der Waals surface area contributed by atoms with Crippen LogP contribution >= 0.6 is 11.6 Å². The lowest BCUT2D eigenvalue weighted by Crippen LogP contribution is -2.21. The van der Waals surface area contributed by atoms with Crippen LogP contribution in [-0.2, 0) is 11.3 Å². The van der Waals surface area contributed by atoms with E-state index in [0.717, 1.165) is 16.8 Å². The molecule has 0 unspecified atom stereocenters. The zero-order valence-corrected chi connectivity index (χ0v) is 19.7. The Morgan fingerprint density at radius 3 is 2.41 bits per heavy atom. The van der Waals surface area contributed by atoms with Gasteiger partial charge < -0.3 is 20.1 Å². The Bertz CT molecular complexity index is 1100. The molecule has 2 N–H and O–H groups in total. The smallest absolute Gasteiger partial charge is 0.262 e. The van der Waals surface area contributed by atoms with Crippen molar-refractivity contribution in [3.8, 4) is 11.5 Å². The molecule has 3 aromatic rings. The van der Waals surface area contributed by atoms with E-state index in [0.29, 0.717) is 35.4 Å². The maximum atomic E-state index is 12.4. The summed E-state index contributed by atoms with van der Waals surface area (Å²) in [5.41, 5.74) is 6.24. The van der Waals surface area contributed by atoms with Gasteiger partial charge in [0.1, 0.15) is 0 Å². The second kappa shape index (κ2) is 10.9. The third-order valence-electron chi connectivity index (χ3n) is 5.14. The highest BCUT2D eigenvalue weighted by Gasteiger charge is 2.11. The van der Waals surface area contributed by atoms with E-state index >= 15 is 0 Å². The molecular formula is C26H29ClN2O3. The van der Waals surface area contributed by atoms with Crippen molar-refractivity contribution >= 4 is 28.9 Å². The third kappa shape index (κ3) is 6.41. The molecule has 3 aromatic carbocycles. The van der Waals surface area contributed by atoms with Crippen LogP contribution in [0.15, 0.2) is 54.6 Å². The van der Waals surface area contributed by atoms with E-state index in [9.17, 15) is 4.79 Å². The largest absolute Gasteiger partial charge is 0.490 e. The first kappa shape index (κ1) is 23.5. The first-order valence-electron chi connectivity index (χ1n) is 10.6. The number of nitrogens with one attached hydrogen (secondary N) is 2. The second-order valence-corrected chi connectivity index (χ2v) is 8.10. The fourth-order valence-corrected chi connectivity index (χ4v) is 3.34. The summed E-state index contributed by atoms with van der Waals surface area (Å²) >= 11 is 6.02. The van der Waals surface area contributed by atoms with Crippen LogP contribution < -0.4 is 20.1 Å². The van der Waals surface area contributed by atoms with Crippen LogP contribution in [-0.4, -0.2) is 19.1 Å². The van der Waals surface area contributed by atoms with Crippen molar-refractivity contribution in [3.05, 3.63) is 81.9 Å². The van der Waals surface area contributed by atoms with E-state index in [1.807, 2.05) is 38.1 Å². The molecule has 0 aliphatic heterocycles. The molecule has 0 heterocycles. The molecule has 0 saturated heterocycles. The van der Waals surface area contributed by atoms with Gasteiger partial charge in [-0.2, -0.15) is 0 Å². The number of carbonyl (C=O) groups excluding carboxylic acids is 1. The Morgan fingerprint density at radius 1 is 0.875 bits per heavy atom. The van der Waals surface area contributed by atoms with Crippen LogP contribution in [0.4, 0.5) is 11.4 Å². The van der Waals surface area contributed by atoms with Crippen LogP contribution in [0.1, 0.15) is 29.2 Å². The van der Waals surface area contributed by atoms with Gasteiger partial charge in [0, 0.05) is 22.9 Å². The average molecular weight is 453 g/mol. The monoisotopic (exact) mass is 452 g/mol. The summed E-state index contributed by atoms with van der Waals surface area (Å²) in [7, 11) is 0. The van der Waals surface area contributed by atoms with Gasteiger partial charge in [0.05, 0.1) is 6.61 Å². The average Bonchev–Trinajstić information content (AvgIpc) is 2.76. The summed E-state index contributed by atoms with van der Waals surface area (Å²) in [6, 6.07) is 17.4. The van der Waals surface area contributed by atoms with Gasteiger partial charge >= 0.3 is 0 Å². The summed E-state index contributed by atoms with van der Waals surface area (Å²) in [6.07, 6.45) is 0. The summed E-state index contributed by atoms with van der Waals surface area (Å²) in [5.74, 6) is 0.872. The maximum absolute atomic E-state index is 12.4. The quantitative estimate of drug-likeness (QED) is 0.400. The minimum Gasteiger partial charge on any atom is -0.490 e. The number of hydrogen-bond acceptors (Lipinski definition) is 4. The number of amides is 1. The van der Waals surface area contributed by atoms with Crippen molar-refractivity contribution in [3.63, 3.8) is 0 Å². The van der Waals surface area contributed by atoms with Gasteiger partial charge in [0.25, 0.3) is 5.91 Å². The molecule has 3 rings (SSSR count). The standard InChI is InChI=1S/C26H29ClN2O3/c1-5-31-25-13-20(15-28-22-10-7-17(2)19(4)12-22)8-11-24(25)32-16-26(30)29-23-14-21(27)9-6-18(23)3/h6-14,28H,5,15-16H2,1-4H3,(H,29,30). The summed E-state index contributed by atoms with van der Waals surface area (Å²) in [5, 5.41) is 6.83. The molecule has 0 aliphatic carbocycles. The van der Waals surface area contributed by atoms with Crippen LogP contribution in [0, 0.1) is 20.8 Å². The van der Waals surface area contributed by atoms with Crippen molar-refractivity contribution < 1.29 is 14.3 Å². The molecule has 0 aromatic heterocycles. The normalized spacial score (nSPS) is 10.5. The van der Waals surface area contributed by atoms with Gasteiger partial charge in [-0.25, -0.2) is 0 Å². The summed E-state index contributed by atoms with van der Waals surface area (Å²) < 4.78 is 11.5. The minimum atomic E-state index is -0.265. The number of benzene rings is 3. The van der Waals surface area contributed by atoms with Gasteiger partial charge in [-0.15, -0.1) is 0 Å². The van der Waals surface area contributed by atoms with Crippen LogP contribution in [0.5, 0.6) is 11.5 Å². The zero-order valence-electron chi connectivity index (χ0n) is 18.9. The number of anilines is 2. The van der Waals surface area contributed by atoms with Crippen molar-refractivity contribution in [2.24, 2.45) is 0 Å². The van der Waals surface area contributed by atoms with E-state index in [4.69, 9.17) is 21.1 Å². The first-order valence-corrected chi connectivity index (χ1v) is 11.0.